The lowest BCUT2D eigenvalue weighted by Gasteiger charge is -2.13. The fourth-order valence-electron chi connectivity index (χ4n) is 3.95. The van der Waals surface area contributed by atoms with Gasteiger partial charge in [-0.2, -0.15) is 13.2 Å². The zero-order chi connectivity index (χ0) is 31.0. The number of nitrogens with one attached hydrogen (secondary N) is 2. The summed E-state index contributed by atoms with van der Waals surface area (Å²) in [6.45, 7) is 4.65. The van der Waals surface area contributed by atoms with Crippen LogP contribution in [-0.4, -0.2) is 38.9 Å². The summed E-state index contributed by atoms with van der Waals surface area (Å²) in [5.74, 6) is 0.0233. The summed E-state index contributed by atoms with van der Waals surface area (Å²) >= 11 is 7.05. The van der Waals surface area contributed by atoms with Gasteiger partial charge in [-0.3, -0.25) is 14.2 Å². The zero-order valence-electron chi connectivity index (χ0n) is 23.4. The molecule has 1 aromatic heterocycles. The molecule has 0 bridgehead atoms. The fourth-order valence-corrected chi connectivity index (χ4v) is 4.88. The number of hydrogen-bond donors (Lipinski definition) is 2. The number of nitrogens with zero attached hydrogens (tertiary/aromatic N) is 3. The lowest BCUT2D eigenvalue weighted by Crippen LogP contribution is -2.24. The molecule has 8 nitrogen and oxygen atoms in total. The third kappa shape index (κ3) is 8.74. The first-order valence-electron chi connectivity index (χ1n) is 13.4. The highest BCUT2D eigenvalue weighted by Gasteiger charge is 2.31. The summed E-state index contributed by atoms with van der Waals surface area (Å²) in [6.07, 6.45) is -2.62. The molecule has 4 rings (SSSR count). The Kier molecular flexibility index (Phi) is 10.7. The first kappa shape index (κ1) is 31.9. The van der Waals surface area contributed by atoms with Crippen molar-refractivity contribution < 1.29 is 27.5 Å². The van der Waals surface area contributed by atoms with E-state index in [0.717, 1.165) is 48.4 Å². The van der Waals surface area contributed by atoms with Gasteiger partial charge in [0.25, 0.3) is 5.91 Å². The topological polar surface area (TPSA) is 98.1 Å². The first-order valence-corrected chi connectivity index (χ1v) is 14.7. The Balaban J connectivity index is 1.46. The molecule has 0 saturated heterocycles. The summed E-state index contributed by atoms with van der Waals surface area (Å²) in [7, 11) is 0. The summed E-state index contributed by atoms with van der Waals surface area (Å²) < 4.78 is 46.7. The van der Waals surface area contributed by atoms with Crippen LogP contribution in [0.25, 0.3) is 5.69 Å². The summed E-state index contributed by atoms with van der Waals surface area (Å²) in [4.78, 5) is 25.5. The highest BCUT2D eigenvalue weighted by Crippen LogP contribution is 2.34. The predicted octanol–water partition coefficient (Wildman–Crippen LogP) is 7.09. The molecule has 0 atom stereocenters. The Morgan fingerprint density at radius 3 is 2.51 bits per heavy atom. The largest absolute Gasteiger partial charge is 0.494 e. The van der Waals surface area contributed by atoms with Gasteiger partial charge in [0.2, 0.25) is 5.91 Å². The van der Waals surface area contributed by atoms with Crippen molar-refractivity contribution in [3.8, 4) is 11.4 Å². The van der Waals surface area contributed by atoms with Crippen molar-refractivity contribution in [2.24, 2.45) is 0 Å². The summed E-state index contributed by atoms with van der Waals surface area (Å²) in [5.41, 5.74) is 1.05. The van der Waals surface area contributed by atoms with Gasteiger partial charge in [-0.25, -0.2) is 0 Å². The second-order valence-electron chi connectivity index (χ2n) is 9.51. The molecule has 0 saturated carbocycles. The lowest BCUT2D eigenvalue weighted by atomic mass is 10.2. The van der Waals surface area contributed by atoms with Crippen LogP contribution in [-0.2, 0) is 17.5 Å². The number of anilines is 1. The van der Waals surface area contributed by atoms with Crippen LogP contribution in [0, 0.1) is 6.92 Å². The number of aromatic nitrogens is 3. The summed E-state index contributed by atoms with van der Waals surface area (Å²) in [6, 6.07) is 17.1. The smallest absolute Gasteiger partial charge is 0.416 e. The number of carbonyl (C=O) groups excluding carboxylic acids is 2. The maximum atomic E-state index is 13.1. The van der Waals surface area contributed by atoms with Gasteiger partial charge in [0, 0.05) is 11.3 Å². The maximum absolute atomic E-state index is 13.1. The second kappa shape index (κ2) is 14.4. The Hall–Kier alpha value is -4.03. The minimum Gasteiger partial charge on any atom is -0.494 e. The second-order valence-corrected chi connectivity index (χ2v) is 10.9. The molecule has 4 aromatic rings. The SMILES string of the molecule is CCCCOc1ccc(C(=O)NCc2nnc(SCC(=O)Nc3cc(C(F)(F)F)ccc3Cl)n2-c2cccc(C)c2)cc1. The molecule has 0 unspecified atom stereocenters. The normalized spacial score (nSPS) is 11.3. The number of halogens is 4. The third-order valence-electron chi connectivity index (χ3n) is 6.15. The molecule has 2 amide bonds. The highest BCUT2D eigenvalue weighted by atomic mass is 35.5. The molecule has 43 heavy (non-hydrogen) atoms. The number of benzene rings is 3. The fraction of sp³-hybridized carbons (Fsp3) is 0.267. The average molecular weight is 632 g/mol. The quantitative estimate of drug-likeness (QED) is 0.128. The minimum atomic E-state index is -4.58. The van der Waals surface area contributed by atoms with Gasteiger partial charge in [-0.05, 0) is 73.5 Å². The van der Waals surface area contributed by atoms with Gasteiger partial charge in [0.05, 0.1) is 35.2 Å². The molecule has 3 aromatic carbocycles. The van der Waals surface area contributed by atoms with Crippen molar-refractivity contribution >= 4 is 40.9 Å². The number of ether oxygens (including phenoxy) is 1. The number of amides is 2. The Bertz CT molecular complexity index is 1580. The van der Waals surface area contributed by atoms with E-state index in [0.29, 0.717) is 34.6 Å². The van der Waals surface area contributed by atoms with Crippen LogP contribution < -0.4 is 15.4 Å². The van der Waals surface area contributed by atoms with E-state index in [1.165, 1.54) is 0 Å². The molecule has 0 aliphatic rings. The van der Waals surface area contributed by atoms with Gasteiger partial charge in [0.15, 0.2) is 11.0 Å². The van der Waals surface area contributed by atoms with Crippen molar-refractivity contribution in [3.05, 3.63) is 94.3 Å². The molecular weight excluding hydrogens is 603 g/mol. The van der Waals surface area contributed by atoms with E-state index < -0.39 is 17.6 Å². The van der Waals surface area contributed by atoms with Crippen LogP contribution in [0.3, 0.4) is 0 Å². The van der Waals surface area contributed by atoms with Crippen LogP contribution in [0.15, 0.2) is 71.9 Å². The predicted molar refractivity (Wildman–Crippen MR) is 160 cm³/mol. The van der Waals surface area contributed by atoms with Gasteiger partial charge in [-0.15, -0.1) is 10.2 Å². The van der Waals surface area contributed by atoms with E-state index in [1.54, 1.807) is 28.8 Å². The van der Waals surface area contributed by atoms with Crippen molar-refractivity contribution in [3.63, 3.8) is 0 Å². The van der Waals surface area contributed by atoms with Crippen LogP contribution in [0.5, 0.6) is 5.75 Å². The molecule has 0 aliphatic carbocycles. The van der Waals surface area contributed by atoms with E-state index in [9.17, 15) is 22.8 Å². The van der Waals surface area contributed by atoms with Gasteiger partial charge in [-0.1, -0.05) is 48.8 Å². The van der Waals surface area contributed by atoms with E-state index in [1.807, 2.05) is 31.2 Å². The highest BCUT2D eigenvalue weighted by molar-refractivity contribution is 7.99. The van der Waals surface area contributed by atoms with E-state index >= 15 is 0 Å². The molecule has 13 heteroatoms. The Morgan fingerprint density at radius 1 is 1.05 bits per heavy atom. The van der Waals surface area contributed by atoms with Crippen LogP contribution >= 0.6 is 23.4 Å². The summed E-state index contributed by atoms with van der Waals surface area (Å²) in [5, 5.41) is 14.1. The maximum Gasteiger partial charge on any atom is 0.416 e. The van der Waals surface area contributed by atoms with E-state index in [-0.39, 0.29) is 28.9 Å². The van der Waals surface area contributed by atoms with Crippen molar-refractivity contribution in [2.75, 3.05) is 17.7 Å². The number of hydrogen-bond acceptors (Lipinski definition) is 6. The first-order chi connectivity index (χ1) is 20.5. The lowest BCUT2D eigenvalue weighted by molar-refractivity contribution is -0.137. The van der Waals surface area contributed by atoms with Crippen molar-refractivity contribution in [1.82, 2.24) is 20.1 Å². The van der Waals surface area contributed by atoms with Gasteiger partial charge < -0.3 is 15.4 Å². The van der Waals surface area contributed by atoms with E-state index in [4.69, 9.17) is 16.3 Å². The Labute approximate surface area is 256 Å². The minimum absolute atomic E-state index is 0.0223. The zero-order valence-corrected chi connectivity index (χ0v) is 24.9. The molecule has 226 valence electrons. The molecule has 1 heterocycles. The van der Waals surface area contributed by atoms with Crippen LogP contribution in [0.2, 0.25) is 5.02 Å². The van der Waals surface area contributed by atoms with Crippen molar-refractivity contribution in [1.29, 1.82) is 0 Å². The van der Waals surface area contributed by atoms with Gasteiger partial charge >= 0.3 is 6.18 Å². The van der Waals surface area contributed by atoms with Crippen LogP contribution in [0.4, 0.5) is 18.9 Å². The van der Waals surface area contributed by atoms with Gasteiger partial charge in [0.1, 0.15) is 5.75 Å². The molecule has 0 aliphatic heterocycles. The molecule has 2 N–H and O–H groups in total. The molecular formula is C30H29ClF3N5O3S. The number of rotatable bonds is 12. The van der Waals surface area contributed by atoms with Crippen molar-refractivity contribution in [2.45, 2.75) is 44.6 Å². The number of alkyl halides is 3. The molecule has 0 fully saturated rings. The number of unbranched alkanes of at least 4 members (excludes halogenated alkanes) is 1. The monoisotopic (exact) mass is 631 g/mol. The molecule has 0 spiro atoms. The number of thioether (sulfide) groups is 1. The number of carbonyl (C=O) groups is 2. The van der Waals surface area contributed by atoms with E-state index in [2.05, 4.69) is 27.8 Å². The third-order valence-corrected chi connectivity index (χ3v) is 7.41. The number of aryl methyl sites for hydroxylation is 1. The van der Waals surface area contributed by atoms with Crippen LogP contribution in [0.1, 0.15) is 47.1 Å². The molecule has 0 radical (unpaired) electrons. The average Bonchev–Trinajstić information content (AvgIpc) is 3.38. The standard InChI is InChI=1S/C30H29ClF3N5O3S/c1-3-4-14-42-23-11-8-20(9-12-23)28(41)35-17-26-37-38-29(39(26)22-7-5-6-19(2)15-22)43-18-27(40)36-25-16-21(30(32,33)34)10-13-24(25)31/h5-13,15-16H,3-4,14,17-18H2,1-2H3,(H,35,41)(H,36,40). The Morgan fingerprint density at radius 2 is 1.81 bits per heavy atom.